The number of ether oxygens (including phenoxy) is 1. The van der Waals surface area contributed by atoms with Crippen LogP contribution in [0.4, 0.5) is 4.79 Å². The lowest BCUT2D eigenvalue weighted by Crippen LogP contribution is -2.45. The Morgan fingerprint density at radius 3 is 2.29 bits per heavy atom. The lowest BCUT2D eigenvalue weighted by atomic mass is 9.84. The number of piperidine rings is 1. The minimum Gasteiger partial charge on any atom is -0.444 e. The van der Waals surface area contributed by atoms with E-state index < -0.39 is 5.60 Å². The van der Waals surface area contributed by atoms with Crippen LogP contribution in [0.3, 0.4) is 0 Å². The largest absolute Gasteiger partial charge is 0.487 e. The predicted octanol–water partition coefficient (Wildman–Crippen LogP) is 3.96. The van der Waals surface area contributed by atoms with E-state index >= 15 is 0 Å². The smallest absolute Gasteiger partial charge is 0.444 e. The summed E-state index contributed by atoms with van der Waals surface area (Å²) in [5, 5.41) is 0. The molecule has 0 aliphatic carbocycles. The third-order valence-corrected chi connectivity index (χ3v) is 5.06. The first kappa shape index (κ1) is 19.3. The van der Waals surface area contributed by atoms with Crippen LogP contribution in [-0.4, -0.2) is 47.5 Å². The molecule has 2 saturated heterocycles. The summed E-state index contributed by atoms with van der Waals surface area (Å²) in [7, 11) is -0.362. The minimum absolute atomic E-state index is 0.176. The molecule has 2 aliphatic rings. The zero-order valence-corrected chi connectivity index (χ0v) is 16.4. The van der Waals surface area contributed by atoms with Gasteiger partial charge < -0.3 is 18.9 Å². The van der Waals surface area contributed by atoms with E-state index in [4.69, 9.17) is 14.0 Å². The van der Waals surface area contributed by atoms with Crippen molar-refractivity contribution < 1.29 is 18.8 Å². The summed E-state index contributed by atoms with van der Waals surface area (Å²) in [5.74, 6) is 2.03. The minimum atomic E-state index is -0.482. The molecule has 2 aliphatic heterocycles. The lowest BCUT2D eigenvalue weighted by molar-refractivity contribution is 0.00578. The van der Waals surface area contributed by atoms with Crippen LogP contribution in [0.2, 0.25) is 0 Å². The van der Waals surface area contributed by atoms with Gasteiger partial charge in [0, 0.05) is 12.6 Å². The summed E-state index contributed by atoms with van der Waals surface area (Å²) in [5.41, 5.74) is -0.00937. The summed E-state index contributed by atoms with van der Waals surface area (Å²) in [6.07, 6.45) is 1.62. The first-order valence-corrected chi connectivity index (χ1v) is 8.85. The maximum Gasteiger partial charge on any atom is 0.487 e. The molecule has 1 unspecified atom stereocenters. The normalized spacial score (nSPS) is 28.3. The quantitative estimate of drug-likeness (QED) is 0.680. The number of amides is 1. The van der Waals surface area contributed by atoms with E-state index in [9.17, 15) is 4.79 Å². The van der Waals surface area contributed by atoms with E-state index in [1.807, 2.05) is 54.4 Å². The van der Waals surface area contributed by atoms with Crippen LogP contribution in [0.1, 0.15) is 68.2 Å². The van der Waals surface area contributed by atoms with Gasteiger partial charge in [0.1, 0.15) is 5.60 Å². The summed E-state index contributed by atoms with van der Waals surface area (Å²) in [6, 6.07) is 0.176. The molecule has 24 heavy (non-hydrogen) atoms. The molecule has 1 atom stereocenters. The first-order chi connectivity index (χ1) is 10.8. The van der Waals surface area contributed by atoms with Crippen LogP contribution in [-0.2, 0) is 14.0 Å². The second-order valence-corrected chi connectivity index (χ2v) is 8.95. The maximum absolute atomic E-state index is 12.4. The molecule has 2 heterocycles. The Morgan fingerprint density at radius 1 is 1.25 bits per heavy atom. The molecule has 2 rings (SSSR count). The van der Waals surface area contributed by atoms with Crippen molar-refractivity contribution in [1.82, 2.24) is 4.90 Å². The van der Waals surface area contributed by atoms with E-state index in [-0.39, 0.29) is 30.5 Å². The molecule has 0 aromatic rings. The molecule has 0 saturated carbocycles. The SMILES string of the molecule is CC1CC/C(=C\B2OC(C)(C)C(C)(C)O2)CN1C(=O)OC(C)(C)C. The van der Waals surface area contributed by atoms with E-state index in [0.717, 1.165) is 18.4 Å². The van der Waals surface area contributed by atoms with Crippen molar-refractivity contribution in [3.05, 3.63) is 11.5 Å². The molecule has 0 aromatic heterocycles. The Morgan fingerprint density at radius 2 is 1.79 bits per heavy atom. The Balaban J connectivity index is 2.07. The van der Waals surface area contributed by atoms with Crippen LogP contribution in [0, 0.1) is 0 Å². The van der Waals surface area contributed by atoms with Crippen LogP contribution >= 0.6 is 0 Å². The third kappa shape index (κ3) is 4.34. The lowest BCUT2D eigenvalue weighted by Gasteiger charge is -2.36. The summed E-state index contributed by atoms with van der Waals surface area (Å²) in [6.45, 7) is 16.5. The topological polar surface area (TPSA) is 48.0 Å². The van der Waals surface area contributed by atoms with Gasteiger partial charge in [0.15, 0.2) is 0 Å². The zero-order valence-electron chi connectivity index (χ0n) is 16.4. The average Bonchev–Trinajstić information content (AvgIpc) is 2.57. The average molecular weight is 337 g/mol. The van der Waals surface area contributed by atoms with Gasteiger partial charge >= 0.3 is 13.2 Å². The van der Waals surface area contributed by atoms with Gasteiger partial charge in [-0.1, -0.05) is 11.5 Å². The van der Waals surface area contributed by atoms with Gasteiger partial charge in [-0.25, -0.2) is 4.79 Å². The highest BCUT2D eigenvalue weighted by Gasteiger charge is 2.50. The number of likely N-dealkylation sites (tertiary alicyclic amines) is 1. The molecule has 2 fully saturated rings. The summed E-state index contributed by atoms with van der Waals surface area (Å²) in [4.78, 5) is 14.2. The van der Waals surface area contributed by atoms with Crippen LogP contribution in [0.15, 0.2) is 11.5 Å². The third-order valence-electron chi connectivity index (χ3n) is 5.06. The molecule has 0 spiro atoms. The van der Waals surface area contributed by atoms with Crippen molar-refractivity contribution in [2.24, 2.45) is 0 Å². The zero-order chi connectivity index (χ0) is 18.3. The molecule has 0 bridgehead atoms. The van der Waals surface area contributed by atoms with E-state index in [0.29, 0.717) is 6.54 Å². The number of rotatable bonds is 1. The molecule has 1 amide bonds. The van der Waals surface area contributed by atoms with Gasteiger partial charge in [0.25, 0.3) is 0 Å². The van der Waals surface area contributed by atoms with E-state index in [2.05, 4.69) is 6.92 Å². The summed E-state index contributed by atoms with van der Waals surface area (Å²) < 4.78 is 17.6. The highest BCUT2D eigenvalue weighted by Crippen LogP contribution is 2.37. The summed E-state index contributed by atoms with van der Waals surface area (Å²) >= 11 is 0. The Kier molecular flexibility index (Phi) is 5.13. The number of carbonyl (C=O) groups is 1. The monoisotopic (exact) mass is 337 g/mol. The van der Waals surface area contributed by atoms with Gasteiger partial charge in [-0.3, -0.25) is 0 Å². The first-order valence-electron chi connectivity index (χ1n) is 8.85. The molecule has 0 aromatic carbocycles. The van der Waals surface area contributed by atoms with E-state index in [1.54, 1.807) is 4.90 Å². The fourth-order valence-corrected chi connectivity index (χ4v) is 2.85. The Hall–Kier alpha value is -1.01. The van der Waals surface area contributed by atoms with Crippen molar-refractivity contribution in [2.45, 2.75) is 91.1 Å². The van der Waals surface area contributed by atoms with Gasteiger partial charge in [0.2, 0.25) is 0 Å². The number of hydrogen-bond acceptors (Lipinski definition) is 4. The predicted molar refractivity (Wildman–Crippen MR) is 95.8 cm³/mol. The molecular formula is C18H32BNO4. The Labute approximate surface area is 146 Å². The second-order valence-electron chi connectivity index (χ2n) is 8.95. The van der Waals surface area contributed by atoms with Crippen molar-refractivity contribution in [3.63, 3.8) is 0 Å². The standard InChI is InChI=1S/C18H32BNO4/c1-13-9-10-14(12-20(13)15(21)22-16(2,3)4)11-19-23-17(5,6)18(7,8)24-19/h11,13H,9-10,12H2,1-8H3/b14-11+. The van der Waals surface area contributed by atoms with Crippen molar-refractivity contribution in [1.29, 1.82) is 0 Å². The molecule has 6 heteroatoms. The fourth-order valence-electron chi connectivity index (χ4n) is 2.85. The highest BCUT2D eigenvalue weighted by atomic mass is 16.7. The van der Waals surface area contributed by atoms with Crippen LogP contribution in [0.25, 0.3) is 0 Å². The highest BCUT2D eigenvalue weighted by molar-refractivity contribution is 6.51. The van der Waals surface area contributed by atoms with Crippen molar-refractivity contribution in [2.75, 3.05) is 6.54 Å². The van der Waals surface area contributed by atoms with Crippen LogP contribution in [0.5, 0.6) is 0 Å². The molecule has 5 nitrogen and oxygen atoms in total. The fraction of sp³-hybridized carbons (Fsp3) is 0.833. The Bertz CT molecular complexity index is 506. The van der Waals surface area contributed by atoms with Gasteiger partial charge in [-0.2, -0.15) is 0 Å². The van der Waals surface area contributed by atoms with Gasteiger partial charge in [-0.15, -0.1) is 0 Å². The second kappa shape index (κ2) is 6.38. The number of carbonyl (C=O) groups excluding carboxylic acids is 1. The number of nitrogens with zero attached hydrogens (tertiary/aromatic N) is 1. The van der Waals surface area contributed by atoms with Crippen molar-refractivity contribution >= 4 is 13.2 Å². The molecule has 136 valence electrons. The van der Waals surface area contributed by atoms with Gasteiger partial charge in [0.05, 0.1) is 11.2 Å². The maximum atomic E-state index is 12.4. The van der Waals surface area contributed by atoms with Gasteiger partial charge in [-0.05, 0) is 68.2 Å². The van der Waals surface area contributed by atoms with Crippen molar-refractivity contribution in [3.8, 4) is 0 Å². The molecular weight excluding hydrogens is 305 g/mol. The number of hydrogen-bond donors (Lipinski definition) is 0. The molecule has 0 radical (unpaired) electrons. The van der Waals surface area contributed by atoms with Crippen LogP contribution < -0.4 is 0 Å². The van der Waals surface area contributed by atoms with E-state index in [1.165, 1.54) is 0 Å². The molecule has 0 N–H and O–H groups in total.